The Bertz CT molecular complexity index is 831. The van der Waals surface area contributed by atoms with Crippen LogP contribution < -0.4 is 10.1 Å². The average molecular weight is 366 g/mol. The molecule has 1 heterocycles. The van der Waals surface area contributed by atoms with Gasteiger partial charge in [-0.2, -0.15) is 0 Å². The number of hydrogen-bond acceptors (Lipinski definition) is 5. The molecule has 1 N–H and O–H groups in total. The Labute approximate surface area is 155 Å². The van der Waals surface area contributed by atoms with E-state index in [-0.39, 0.29) is 12.5 Å². The summed E-state index contributed by atoms with van der Waals surface area (Å²) in [6.45, 7) is 0.358. The Hall–Kier alpha value is -3.12. The van der Waals surface area contributed by atoms with E-state index in [1.807, 2.05) is 60.0 Å². The van der Waals surface area contributed by atoms with Gasteiger partial charge in [0.05, 0.1) is 6.21 Å². The number of carbonyl (C=O) groups is 1. The largest absolute Gasteiger partial charge is 0.489 e. The summed E-state index contributed by atoms with van der Waals surface area (Å²) >= 11 is 1.55. The monoisotopic (exact) mass is 366 g/mol. The number of carbonyl (C=O) groups excluding carboxylic acids is 1. The summed E-state index contributed by atoms with van der Waals surface area (Å²) in [7, 11) is 0. The molecule has 5 nitrogen and oxygen atoms in total. The number of amides is 1. The lowest BCUT2D eigenvalue weighted by molar-refractivity contribution is -0.120. The second-order valence-corrected chi connectivity index (χ2v) is 6.35. The minimum Gasteiger partial charge on any atom is -0.489 e. The summed E-state index contributed by atoms with van der Waals surface area (Å²) < 4.78 is 5.71. The maximum absolute atomic E-state index is 11.8. The Morgan fingerprint density at radius 2 is 1.85 bits per heavy atom. The summed E-state index contributed by atoms with van der Waals surface area (Å²) in [6.07, 6.45) is 1.58. The molecule has 0 unspecified atom stereocenters. The molecule has 132 valence electrons. The van der Waals surface area contributed by atoms with E-state index in [9.17, 15) is 4.79 Å². The number of nitrogens with zero attached hydrogens (tertiary/aromatic N) is 1. The molecule has 0 fully saturated rings. The fourth-order valence-electron chi connectivity index (χ4n) is 2.12. The van der Waals surface area contributed by atoms with Crippen molar-refractivity contribution < 1.29 is 14.4 Å². The molecule has 0 atom stereocenters. The highest BCUT2D eigenvalue weighted by molar-refractivity contribution is 7.11. The molecule has 0 radical (unpaired) electrons. The molecule has 3 rings (SSSR count). The zero-order valence-corrected chi connectivity index (χ0v) is 14.8. The predicted octanol–water partition coefficient (Wildman–Crippen LogP) is 4.32. The highest BCUT2D eigenvalue weighted by Gasteiger charge is 2.03. The summed E-state index contributed by atoms with van der Waals surface area (Å²) in [4.78, 5) is 17.8. The number of rotatable bonds is 8. The van der Waals surface area contributed by atoms with Crippen molar-refractivity contribution in [3.8, 4) is 5.75 Å². The van der Waals surface area contributed by atoms with Crippen LogP contribution in [0.1, 0.15) is 10.4 Å². The molecule has 0 spiro atoms. The number of thiophene rings is 1. The zero-order chi connectivity index (χ0) is 18.0. The van der Waals surface area contributed by atoms with Crippen molar-refractivity contribution in [2.45, 2.75) is 6.61 Å². The van der Waals surface area contributed by atoms with Gasteiger partial charge in [-0.05, 0) is 41.3 Å². The van der Waals surface area contributed by atoms with E-state index < -0.39 is 0 Å². The van der Waals surface area contributed by atoms with Crippen molar-refractivity contribution in [2.75, 3.05) is 11.9 Å². The minimum absolute atomic E-state index is 0.145. The molecule has 0 saturated carbocycles. The number of ether oxygens (including phenoxy) is 1. The smallest absolute Gasteiger partial charge is 0.265 e. The van der Waals surface area contributed by atoms with Crippen LogP contribution in [0.5, 0.6) is 5.75 Å². The fourth-order valence-corrected chi connectivity index (χ4v) is 2.70. The quantitative estimate of drug-likeness (QED) is 0.477. The highest BCUT2D eigenvalue weighted by atomic mass is 32.1. The van der Waals surface area contributed by atoms with E-state index in [4.69, 9.17) is 9.57 Å². The maximum Gasteiger partial charge on any atom is 0.265 e. The van der Waals surface area contributed by atoms with Crippen LogP contribution >= 0.6 is 11.3 Å². The Kier molecular flexibility index (Phi) is 6.39. The molecular formula is C20H18N2O3S. The zero-order valence-electron chi connectivity index (χ0n) is 14.0. The number of hydrogen-bond donors (Lipinski definition) is 1. The van der Waals surface area contributed by atoms with Gasteiger partial charge in [0.25, 0.3) is 5.91 Å². The van der Waals surface area contributed by atoms with Crippen LogP contribution in [-0.2, 0) is 16.2 Å². The van der Waals surface area contributed by atoms with Crippen LogP contribution in [-0.4, -0.2) is 18.7 Å². The SMILES string of the molecule is O=C(CO/N=C/c1cccs1)Nc1ccc(OCc2ccccc2)cc1. The van der Waals surface area contributed by atoms with Crippen LogP contribution in [0, 0.1) is 0 Å². The molecule has 0 bridgehead atoms. The van der Waals surface area contributed by atoms with Crippen molar-refractivity contribution in [3.05, 3.63) is 82.6 Å². The van der Waals surface area contributed by atoms with Crippen molar-refractivity contribution in [2.24, 2.45) is 5.16 Å². The van der Waals surface area contributed by atoms with Gasteiger partial charge in [0.1, 0.15) is 12.4 Å². The minimum atomic E-state index is -0.272. The molecular weight excluding hydrogens is 348 g/mol. The molecule has 0 aliphatic carbocycles. The van der Waals surface area contributed by atoms with Crippen LogP contribution in [0.15, 0.2) is 77.3 Å². The fraction of sp³-hybridized carbons (Fsp3) is 0.100. The van der Waals surface area contributed by atoms with Gasteiger partial charge in [0, 0.05) is 10.6 Å². The van der Waals surface area contributed by atoms with E-state index in [2.05, 4.69) is 10.5 Å². The first-order valence-corrected chi connectivity index (χ1v) is 8.93. The molecule has 3 aromatic rings. The second kappa shape index (κ2) is 9.39. The van der Waals surface area contributed by atoms with Gasteiger partial charge < -0.3 is 14.9 Å². The van der Waals surface area contributed by atoms with Crippen molar-refractivity contribution in [3.63, 3.8) is 0 Å². The van der Waals surface area contributed by atoms with Crippen molar-refractivity contribution in [1.29, 1.82) is 0 Å². The summed E-state index contributed by atoms with van der Waals surface area (Å²) in [5, 5.41) is 8.46. The summed E-state index contributed by atoms with van der Waals surface area (Å²) in [6, 6.07) is 21.0. The number of nitrogens with one attached hydrogen (secondary N) is 1. The lowest BCUT2D eigenvalue weighted by Gasteiger charge is -2.08. The normalized spacial score (nSPS) is 10.6. The topological polar surface area (TPSA) is 59.9 Å². The Morgan fingerprint density at radius 3 is 2.58 bits per heavy atom. The molecule has 1 aromatic heterocycles. The van der Waals surface area contributed by atoms with E-state index in [0.29, 0.717) is 12.3 Å². The third-order valence-corrected chi connectivity index (χ3v) is 4.19. The Morgan fingerprint density at radius 1 is 1.04 bits per heavy atom. The maximum atomic E-state index is 11.8. The van der Waals surface area contributed by atoms with Gasteiger partial charge in [-0.15, -0.1) is 11.3 Å². The third kappa shape index (κ3) is 5.75. The van der Waals surface area contributed by atoms with Gasteiger partial charge in [-0.25, -0.2) is 0 Å². The first-order valence-electron chi connectivity index (χ1n) is 8.05. The van der Waals surface area contributed by atoms with Crippen molar-refractivity contribution >= 4 is 29.1 Å². The van der Waals surface area contributed by atoms with Crippen LogP contribution in [0.25, 0.3) is 0 Å². The first-order chi connectivity index (χ1) is 12.8. The van der Waals surface area contributed by atoms with E-state index in [1.165, 1.54) is 0 Å². The van der Waals surface area contributed by atoms with E-state index in [1.54, 1.807) is 29.7 Å². The molecule has 26 heavy (non-hydrogen) atoms. The molecule has 0 aliphatic rings. The van der Waals surface area contributed by atoms with E-state index >= 15 is 0 Å². The molecule has 1 amide bonds. The average Bonchev–Trinajstić information content (AvgIpc) is 3.19. The molecule has 0 aliphatic heterocycles. The third-order valence-electron chi connectivity index (χ3n) is 3.38. The van der Waals surface area contributed by atoms with Crippen LogP contribution in [0.3, 0.4) is 0 Å². The molecule has 2 aromatic carbocycles. The lowest BCUT2D eigenvalue weighted by atomic mass is 10.2. The summed E-state index contributed by atoms with van der Waals surface area (Å²) in [5.41, 5.74) is 1.78. The van der Waals surface area contributed by atoms with Crippen molar-refractivity contribution in [1.82, 2.24) is 0 Å². The van der Waals surface area contributed by atoms with Gasteiger partial charge in [-0.1, -0.05) is 41.6 Å². The standard InChI is InChI=1S/C20H18N2O3S/c23-20(15-25-21-13-19-7-4-12-26-19)22-17-8-10-18(11-9-17)24-14-16-5-2-1-3-6-16/h1-13H,14-15H2,(H,22,23)/b21-13+. The van der Waals surface area contributed by atoms with Gasteiger partial charge in [-0.3, -0.25) is 4.79 Å². The van der Waals surface area contributed by atoms with Crippen LogP contribution in [0.4, 0.5) is 5.69 Å². The van der Waals surface area contributed by atoms with E-state index in [0.717, 1.165) is 16.2 Å². The van der Waals surface area contributed by atoms with Crippen LogP contribution in [0.2, 0.25) is 0 Å². The summed E-state index contributed by atoms with van der Waals surface area (Å²) in [5.74, 6) is 0.468. The molecule has 0 saturated heterocycles. The predicted molar refractivity (Wildman–Crippen MR) is 104 cm³/mol. The number of benzene rings is 2. The second-order valence-electron chi connectivity index (χ2n) is 5.37. The highest BCUT2D eigenvalue weighted by Crippen LogP contribution is 2.17. The number of anilines is 1. The molecule has 6 heteroatoms. The van der Waals surface area contributed by atoms with Gasteiger partial charge in [0.15, 0.2) is 6.61 Å². The lowest BCUT2D eigenvalue weighted by Crippen LogP contribution is -2.16. The Balaban J connectivity index is 1.41. The van der Waals surface area contributed by atoms with Gasteiger partial charge in [0.2, 0.25) is 0 Å². The van der Waals surface area contributed by atoms with Gasteiger partial charge >= 0.3 is 0 Å². The first kappa shape index (κ1) is 17.7. The number of oxime groups is 1.